The maximum absolute atomic E-state index is 5.68. The number of pyridine rings is 1. The highest BCUT2D eigenvalue weighted by atomic mass is 127. The molecular formula is C15H23IN6O2. The highest BCUT2D eigenvalue weighted by Gasteiger charge is 2.22. The first kappa shape index (κ1) is 18.9. The van der Waals surface area contributed by atoms with E-state index in [-0.39, 0.29) is 30.1 Å². The van der Waals surface area contributed by atoms with Crippen LogP contribution in [0.25, 0.3) is 5.65 Å². The van der Waals surface area contributed by atoms with E-state index in [0.29, 0.717) is 19.8 Å². The monoisotopic (exact) mass is 446 g/mol. The van der Waals surface area contributed by atoms with Gasteiger partial charge < -0.3 is 19.7 Å². The molecule has 1 fully saturated rings. The highest BCUT2D eigenvalue weighted by molar-refractivity contribution is 14.0. The Balaban J connectivity index is 0.00000208. The van der Waals surface area contributed by atoms with Crippen LogP contribution in [0.2, 0.25) is 0 Å². The first-order valence-corrected chi connectivity index (χ1v) is 7.66. The summed E-state index contributed by atoms with van der Waals surface area (Å²) in [6.07, 6.45) is 2.03. The quantitative estimate of drug-likeness (QED) is 0.425. The Labute approximate surface area is 158 Å². The summed E-state index contributed by atoms with van der Waals surface area (Å²) in [6, 6.07) is 5.85. The molecule has 1 N–H and O–H groups in total. The zero-order chi connectivity index (χ0) is 16.1. The van der Waals surface area contributed by atoms with Gasteiger partial charge in [-0.25, -0.2) is 0 Å². The van der Waals surface area contributed by atoms with Crippen LogP contribution in [-0.2, 0) is 16.0 Å². The van der Waals surface area contributed by atoms with Crippen LogP contribution < -0.4 is 5.32 Å². The van der Waals surface area contributed by atoms with Gasteiger partial charge >= 0.3 is 0 Å². The van der Waals surface area contributed by atoms with E-state index in [1.54, 1.807) is 14.2 Å². The van der Waals surface area contributed by atoms with Crippen molar-refractivity contribution in [1.82, 2.24) is 24.8 Å². The molecule has 3 heterocycles. The van der Waals surface area contributed by atoms with Crippen LogP contribution >= 0.6 is 24.0 Å². The number of aliphatic imine (C=N–C) groups is 1. The maximum atomic E-state index is 5.68. The van der Waals surface area contributed by atoms with Crippen molar-refractivity contribution in [2.24, 2.45) is 4.99 Å². The first-order chi connectivity index (χ1) is 11.3. The molecule has 0 saturated carbocycles. The molecule has 1 saturated heterocycles. The average Bonchev–Trinajstić information content (AvgIpc) is 3.00. The van der Waals surface area contributed by atoms with Gasteiger partial charge in [-0.2, -0.15) is 0 Å². The molecule has 8 nitrogen and oxygen atoms in total. The number of aromatic nitrogens is 3. The predicted octanol–water partition coefficient (Wildman–Crippen LogP) is 0.770. The zero-order valence-corrected chi connectivity index (χ0v) is 16.2. The van der Waals surface area contributed by atoms with Gasteiger partial charge in [-0.15, -0.1) is 34.2 Å². The second kappa shape index (κ2) is 9.14. The Morgan fingerprint density at radius 1 is 1.46 bits per heavy atom. The lowest BCUT2D eigenvalue weighted by molar-refractivity contribution is -0.0447. The van der Waals surface area contributed by atoms with Gasteiger partial charge in [0.25, 0.3) is 0 Å². The highest BCUT2D eigenvalue weighted by Crippen LogP contribution is 2.07. The zero-order valence-electron chi connectivity index (χ0n) is 13.9. The van der Waals surface area contributed by atoms with Gasteiger partial charge in [-0.05, 0) is 12.1 Å². The number of fused-ring (bicyclic) bond motifs is 1. The summed E-state index contributed by atoms with van der Waals surface area (Å²) >= 11 is 0. The van der Waals surface area contributed by atoms with Crippen LogP contribution in [0.4, 0.5) is 0 Å². The largest absolute Gasteiger partial charge is 0.382 e. The van der Waals surface area contributed by atoms with E-state index in [0.717, 1.165) is 30.5 Å². The molecule has 1 unspecified atom stereocenters. The van der Waals surface area contributed by atoms with E-state index in [1.807, 2.05) is 28.8 Å². The lowest BCUT2D eigenvalue weighted by atomic mass is 10.3. The number of methoxy groups -OCH3 is 1. The van der Waals surface area contributed by atoms with Gasteiger partial charge in [0.2, 0.25) is 0 Å². The van der Waals surface area contributed by atoms with E-state index in [4.69, 9.17) is 9.47 Å². The number of halogens is 1. The molecule has 3 rings (SSSR count). The van der Waals surface area contributed by atoms with Crippen LogP contribution in [0.15, 0.2) is 29.4 Å². The molecule has 0 spiro atoms. The summed E-state index contributed by atoms with van der Waals surface area (Å²) in [5, 5.41) is 11.7. The van der Waals surface area contributed by atoms with Gasteiger partial charge in [-0.3, -0.25) is 9.39 Å². The first-order valence-electron chi connectivity index (χ1n) is 7.66. The van der Waals surface area contributed by atoms with Crippen molar-refractivity contribution in [3.8, 4) is 0 Å². The average molecular weight is 446 g/mol. The summed E-state index contributed by atoms with van der Waals surface area (Å²) in [5.41, 5.74) is 0.839. The second-order valence-electron chi connectivity index (χ2n) is 5.34. The van der Waals surface area contributed by atoms with Crippen molar-refractivity contribution < 1.29 is 9.47 Å². The Kier molecular flexibility index (Phi) is 7.18. The normalized spacial score (nSPS) is 18.5. The summed E-state index contributed by atoms with van der Waals surface area (Å²) in [5.74, 6) is 1.69. The number of hydrogen-bond donors (Lipinski definition) is 1. The van der Waals surface area contributed by atoms with Gasteiger partial charge in [0.1, 0.15) is 0 Å². The molecular weight excluding hydrogens is 423 g/mol. The fraction of sp³-hybridized carbons (Fsp3) is 0.533. The molecule has 0 aromatic carbocycles. The fourth-order valence-corrected chi connectivity index (χ4v) is 2.70. The number of morpholine rings is 1. The Bertz CT molecular complexity index is 675. The summed E-state index contributed by atoms with van der Waals surface area (Å²) in [7, 11) is 3.47. The maximum Gasteiger partial charge on any atom is 0.194 e. The number of rotatable bonds is 4. The predicted molar refractivity (Wildman–Crippen MR) is 102 cm³/mol. The number of nitrogens with one attached hydrogen (secondary N) is 1. The summed E-state index contributed by atoms with van der Waals surface area (Å²) < 4.78 is 12.8. The van der Waals surface area contributed by atoms with E-state index in [1.165, 1.54) is 0 Å². The molecule has 1 aliphatic heterocycles. The molecule has 0 bridgehead atoms. The number of hydrogen-bond acceptors (Lipinski definition) is 5. The fourth-order valence-electron chi connectivity index (χ4n) is 2.70. The lowest BCUT2D eigenvalue weighted by Crippen LogP contribution is -2.51. The molecule has 9 heteroatoms. The Hall–Kier alpha value is -1.46. The molecule has 1 atom stereocenters. The number of ether oxygens (including phenoxy) is 2. The smallest absolute Gasteiger partial charge is 0.194 e. The summed E-state index contributed by atoms with van der Waals surface area (Å²) in [6.45, 7) is 3.38. The van der Waals surface area contributed by atoms with Crippen molar-refractivity contribution >= 4 is 35.6 Å². The molecule has 1 aliphatic rings. The lowest BCUT2D eigenvalue weighted by Gasteiger charge is -2.34. The van der Waals surface area contributed by atoms with Crippen molar-refractivity contribution in [2.45, 2.75) is 12.6 Å². The van der Waals surface area contributed by atoms with Crippen LogP contribution in [-0.4, -0.2) is 72.0 Å². The third kappa shape index (κ3) is 4.33. The molecule has 2 aromatic heterocycles. The second-order valence-corrected chi connectivity index (χ2v) is 5.34. The minimum absolute atomic E-state index is 0. The van der Waals surface area contributed by atoms with Crippen LogP contribution in [0.1, 0.15) is 5.82 Å². The molecule has 0 radical (unpaired) electrons. The van der Waals surface area contributed by atoms with Gasteiger partial charge in [0.15, 0.2) is 17.4 Å². The summed E-state index contributed by atoms with van der Waals surface area (Å²) in [4.78, 5) is 6.54. The van der Waals surface area contributed by atoms with Crippen LogP contribution in [0.3, 0.4) is 0 Å². The minimum atomic E-state index is 0. The standard InChI is InChI=1S/C15H22N6O2.HI/c1-16-15(20-7-8-23-12(10-20)11-22-2)17-9-14-19-18-13-5-3-4-6-21(13)14;/h3-6,12H,7-11H2,1-2H3,(H,16,17);1H. The molecule has 0 amide bonds. The van der Waals surface area contributed by atoms with Gasteiger partial charge in [0.05, 0.1) is 25.9 Å². The van der Waals surface area contributed by atoms with E-state index in [2.05, 4.69) is 25.4 Å². The molecule has 0 aliphatic carbocycles. The molecule has 24 heavy (non-hydrogen) atoms. The topological polar surface area (TPSA) is 76.3 Å². The molecule has 2 aromatic rings. The van der Waals surface area contributed by atoms with Crippen molar-refractivity contribution in [2.75, 3.05) is 40.5 Å². The van der Waals surface area contributed by atoms with E-state index < -0.39 is 0 Å². The van der Waals surface area contributed by atoms with Crippen LogP contribution in [0, 0.1) is 0 Å². The molecule has 132 valence electrons. The van der Waals surface area contributed by atoms with E-state index >= 15 is 0 Å². The Morgan fingerprint density at radius 3 is 3.12 bits per heavy atom. The Morgan fingerprint density at radius 2 is 2.33 bits per heavy atom. The van der Waals surface area contributed by atoms with Gasteiger partial charge in [-0.1, -0.05) is 6.07 Å². The van der Waals surface area contributed by atoms with Crippen LogP contribution in [0.5, 0.6) is 0 Å². The SMILES string of the molecule is CN=C(NCc1nnc2ccccn12)N1CCOC(COC)C1.I. The van der Waals surface area contributed by atoms with Crippen molar-refractivity contribution in [1.29, 1.82) is 0 Å². The minimum Gasteiger partial charge on any atom is -0.382 e. The number of nitrogens with zero attached hydrogens (tertiary/aromatic N) is 5. The van der Waals surface area contributed by atoms with Gasteiger partial charge in [0, 0.05) is 33.4 Å². The third-order valence-electron chi connectivity index (χ3n) is 3.79. The van der Waals surface area contributed by atoms with E-state index in [9.17, 15) is 0 Å². The van der Waals surface area contributed by atoms with Crippen molar-refractivity contribution in [3.63, 3.8) is 0 Å². The number of guanidine groups is 1. The van der Waals surface area contributed by atoms with Crippen molar-refractivity contribution in [3.05, 3.63) is 30.2 Å². The third-order valence-corrected chi connectivity index (χ3v) is 3.79.